The zero-order valence-electron chi connectivity index (χ0n) is 12.8. The van der Waals surface area contributed by atoms with Crippen molar-refractivity contribution >= 4 is 19.9 Å². The summed E-state index contributed by atoms with van der Waals surface area (Å²) in [6.07, 6.45) is 8.00. The predicted octanol–water partition coefficient (Wildman–Crippen LogP) is 2.34. The van der Waals surface area contributed by atoms with Crippen molar-refractivity contribution in [1.29, 1.82) is 0 Å². The van der Waals surface area contributed by atoms with E-state index in [-0.39, 0.29) is 9.79 Å². The Bertz CT molecular complexity index is 705. The van der Waals surface area contributed by atoms with E-state index in [1.807, 2.05) is 0 Å². The van der Waals surface area contributed by atoms with E-state index in [0.29, 0.717) is 6.54 Å². The summed E-state index contributed by atoms with van der Waals surface area (Å²) < 4.78 is 50.0. The molecular weight excluding hydrogens is 322 g/mol. The summed E-state index contributed by atoms with van der Waals surface area (Å²) in [6, 6.07) is 5.46. The van der Waals surface area contributed by atoms with Gasteiger partial charge in [0.15, 0.2) is 9.84 Å². The Morgan fingerprint density at radius 1 is 1.09 bits per heavy atom. The highest BCUT2D eigenvalue weighted by molar-refractivity contribution is 7.91. The van der Waals surface area contributed by atoms with Gasteiger partial charge in [-0.1, -0.05) is 31.7 Å². The SMILES string of the molecule is CS(=O)(=O)c1cccc(S(=O)(=O)NCCCC2CCCC2)c1. The van der Waals surface area contributed by atoms with Gasteiger partial charge >= 0.3 is 0 Å². The number of hydrogen-bond acceptors (Lipinski definition) is 4. The highest BCUT2D eigenvalue weighted by Crippen LogP contribution is 2.28. The van der Waals surface area contributed by atoms with Crippen LogP contribution in [-0.4, -0.2) is 29.6 Å². The topological polar surface area (TPSA) is 80.3 Å². The molecule has 0 radical (unpaired) electrons. The Hall–Kier alpha value is -0.920. The van der Waals surface area contributed by atoms with Crippen LogP contribution in [0.2, 0.25) is 0 Å². The zero-order valence-corrected chi connectivity index (χ0v) is 14.4. The number of sulfone groups is 1. The van der Waals surface area contributed by atoms with Crippen molar-refractivity contribution in [2.24, 2.45) is 5.92 Å². The van der Waals surface area contributed by atoms with Gasteiger partial charge < -0.3 is 0 Å². The fraction of sp³-hybridized carbons (Fsp3) is 0.600. The molecule has 0 spiro atoms. The average molecular weight is 345 g/mol. The van der Waals surface area contributed by atoms with E-state index in [2.05, 4.69) is 4.72 Å². The largest absolute Gasteiger partial charge is 0.240 e. The lowest BCUT2D eigenvalue weighted by atomic mass is 10.0. The molecule has 0 unspecified atom stereocenters. The van der Waals surface area contributed by atoms with Crippen molar-refractivity contribution in [2.45, 2.75) is 48.3 Å². The average Bonchev–Trinajstić information content (AvgIpc) is 2.96. The number of sulfonamides is 1. The maximum absolute atomic E-state index is 12.2. The summed E-state index contributed by atoms with van der Waals surface area (Å²) in [5, 5.41) is 0. The standard InChI is InChI=1S/C15H23NO4S2/c1-21(17,18)14-9-4-10-15(12-14)22(19,20)16-11-5-8-13-6-2-3-7-13/h4,9-10,12-13,16H,2-3,5-8,11H2,1H3. The number of nitrogens with one attached hydrogen (secondary N) is 1. The van der Waals surface area contributed by atoms with Crippen LogP contribution in [0.4, 0.5) is 0 Å². The smallest absolute Gasteiger partial charge is 0.224 e. The third-order valence-corrected chi connectivity index (χ3v) is 6.67. The predicted molar refractivity (Wildman–Crippen MR) is 85.9 cm³/mol. The zero-order chi connectivity index (χ0) is 16.2. The summed E-state index contributed by atoms with van der Waals surface area (Å²) >= 11 is 0. The second kappa shape index (κ2) is 7.10. The first-order valence-electron chi connectivity index (χ1n) is 7.59. The van der Waals surface area contributed by atoms with Gasteiger partial charge in [-0.15, -0.1) is 0 Å². The molecule has 0 bridgehead atoms. The van der Waals surface area contributed by atoms with Crippen molar-refractivity contribution in [1.82, 2.24) is 4.72 Å². The van der Waals surface area contributed by atoms with Crippen LogP contribution in [0, 0.1) is 5.92 Å². The maximum atomic E-state index is 12.2. The summed E-state index contributed by atoms with van der Waals surface area (Å²) in [5.74, 6) is 0.734. The minimum atomic E-state index is -3.65. The molecule has 0 aliphatic heterocycles. The van der Waals surface area contributed by atoms with Crippen LogP contribution >= 0.6 is 0 Å². The monoisotopic (exact) mass is 345 g/mol. The quantitative estimate of drug-likeness (QED) is 0.769. The summed E-state index contributed by atoms with van der Waals surface area (Å²) in [7, 11) is -7.07. The molecule has 1 N–H and O–H groups in total. The molecule has 1 fully saturated rings. The third kappa shape index (κ3) is 4.79. The van der Waals surface area contributed by atoms with Crippen LogP contribution in [-0.2, 0) is 19.9 Å². The van der Waals surface area contributed by atoms with Crippen molar-refractivity contribution in [3.05, 3.63) is 24.3 Å². The van der Waals surface area contributed by atoms with Gasteiger partial charge in [0, 0.05) is 12.8 Å². The highest BCUT2D eigenvalue weighted by atomic mass is 32.2. The van der Waals surface area contributed by atoms with E-state index >= 15 is 0 Å². The van der Waals surface area contributed by atoms with E-state index in [1.165, 1.54) is 49.9 Å². The van der Waals surface area contributed by atoms with Crippen molar-refractivity contribution < 1.29 is 16.8 Å². The molecule has 22 heavy (non-hydrogen) atoms. The molecule has 7 heteroatoms. The molecule has 1 aliphatic rings. The molecule has 0 heterocycles. The van der Waals surface area contributed by atoms with Crippen molar-refractivity contribution in [3.63, 3.8) is 0 Å². The molecular formula is C15H23NO4S2. The van der Waals surface area contributed by atoms with Gasteiger partial charge in [-0.2, -0.15) is 0 Å². The van der Waals surface area contributed by atoms with Gasteiger partial charge in [0.25, 0.3) is 0 Å². The van der Waals surface area contributed by atoms with Gasteiger partial charge in [0.05, 0.1) is 9.79 Å². The number of benzene rings is 1. The van der Waals surface area contributed by atoms with Gasteiger partial charge in [0.2, 0.25) is 10.0 Å². The molecule has 1 aromatic rings. The Morgan fingerprint density at radius 3 is 2.36 bits per heavy atom. The molecule has 0 atom stereocenters. The van der Waals surface area contributed by atoms with Crippen molar-refractivity contribution in [2.75, 3.05) is 12.8 Å². The molecule has 0 saturated heterocycles. The maximum Gasteiger partial charge on any atom is 0.240 e. The molecule has 1 aromatic carbocycles. The summed E-state index contributed by atoms with van der Waals surface area (Å²) in [4.78, 5) is 0.0117. The molecule has 0 amide bonds. The minimum Gasteiger partial charge on any atom is -0.224 e. The van der Waals surface area contributed by atoms with Gasteiger partial charge in [0.1, 0.15) is 0 Å². The number of rotatable bonds is 7. The summed E-state index contributed by atoms with van der Waals surface area (Å²) in [6.45, 7) is 0.391. The lowest BCUT2D eigenvalue weighted by molar-refractivity contribution is 0.480. The van der Waals surface area contributed by atoms with E-state index in [9.17, 15) is 16.8 Å². The second-order valence-electron chi connectivity index (χ2n) is 5.94. The Kier molecular flexibility index (Phi) is 5.63. The Morgan fingerprint density at radius 2 is 1.73 bits per heavy atom. The Balaban J connectivity index is 1.95. The number of hydrogen-bond donors (Lipinski definition) is 1. The molecule has 0 aromatic heterocycles. The fourth-order valence-corrected chi connectivity index (χ4v) is 4.71. The first kappa shape index (κ1) is 17.4. The minimum absolute atomic E-state index is 0.00343. The van der Waals surface area contributed by atoms with Gasteiger partial charge in [-0.05, 0) is 37.0 Å². The van der Waals surface area contributed by atoms with Crippen LogP contribution in [0.15, 0.2) is 34.1 Å². The van der Waals surface area contributed by atoms with Gasteiger partial charge in [-0.3, -0.25) is 0 Å². The molecule has 124 valence electrons. The molecule has 1 aliphatic carbocycles. The fourth-order valence-electron chi connectivity index (χ4n) is 2.85. The van der Waals surface area contributed by atoms with Crippen LogP contribution < -0.4 is 4.72 Å². The van der Waals surface area contributed by atoms with E-state index < -0.39 is 19.9 Å². The lowest BCUT2D eigenvalue weighted by Gasteiger charge is -2.10. The van der Waals surface area contributed by atoms with E-state index in [1.54, 1.807) is 0 Å². The van der Waals surface area contributed by atoms with Gasteiger partial charge in [-0.25, -0.2) is 21.6 Å². The van der Waals surface area contributed by atoms with E-state index in [4.69, 9.17) is 0 Å². The van der Waals surface area contributed by atoms with Crippen LogP contribution in [0.3, 0.4) is 0 Å². The first-order chi connectivity index (χ1) is 10.3. The lowest BCUT2D eigenvalue weighted by Crippen LogP contribution is -2.25. The van der Waals surface area contributed by atoms with E-state index in [0.717, 1.165) is 25.0 Å². The Labute approximate surface area is 133 Å². The molecule has 1 saturated carbocycles. The highest BCUT2D eigenvalue weighted by Gasteiger charge is 2.18. The molecule has 5 nitrogen and oxygen atoms in total. The van der Waals surface area contributed by atoms with Crippen LogP contribution in [0.25, 0.3) is 0 Å². The molecule has 2 rings (SSSR count). The van der Waals surface area contributed by atoms with Crippen molar-refractivity contribution in [3.8, 4) is 0 Å². The second-order valence-corrected chi connectivity index (χ2v) is 9.72. The summed E-state index contributed by atoms with van der Waals surface area (Å²) in [5.41, 5.74) is 0. The third-order valence-electron chi connectivity index (χ3n) is 4.10. The van der Waals surface area contributed by atoms with Crippen LogP contribution in [0.1, 0.15) is 38.5 Å². The first-order valence-corrected chi connectivity index (χ1v) is 11.0. The normalized spacial score (nSPS) is 17.0. The van der Waals surface area contributed by atoms with Crippen LogP contribution in [0.5, 0.6) is 0 Å².